The van der Waals surface area contributed by atoms with E-state index in [4.69, 9.17) is 5.73 Å². The number of anilines is 1. The van der Waals surface area contributed by atoms with E-state index in [2.05, 4.69) is 6.92 Å². The lowest BCUT2D eigenvalue weighted by atomic mass is 9.55. The molecule has 2 saturated carbocycles. The summed E-state index contributed by atoms with van der Waals surface area (Å²) in [5.74, 6) is 2.12. The maximum absolute atomic E-state index is 10.4. The normalized spacial score (nSPS) is 41.2. The number of aromatic hydroxyl groups is 1. The van der Waals surface area contributed by atoms with Gasteiger partial charge in [-0.1, -0.05) is 6.92 Å². The lowest BCUT2D eigenvalue weighted by molar-refractivity contribution is -0.0226. The molecule has 21 heavy (non-hydrogen) atoms. The second kappa shape index (κ2) is 4.39. The zero-order valence-electron chi connectivity index (χ0n) is 12.7. The number of nitrogens with two attached hydrogens (primary N) is 1. The number of phenolic OH excluding ortho intramolecular Hbond substituents is 1. The van der Waals surface area contributed by atoms with Crippen molar-refractivity contribution < 1.29 is 10.2 Å². The Labute approximate surface area is 126 Å². The SMILES string of the molecule is C[C@]12CC[C@H]3c4cc(N)c(O)cc4CC[C@@H]3[C@@H]1CC[C@@H]2O. The Balaban J connectivity index is 1.73. The molecule has 114 valence electrons. The molecule has 3 aliphatic rings. The van der Waals surface area contributed by atoms with Gasteiger partial charge in [0.25, 0.3) is 0 Å². The Morgan fingerprint density at radius 1 is 1.19 bits per heavy atom. The van der Waals surface area contributed by atoms with Crippen LogP contribution in [0.2, 0.25) is 0 Å². The highest BCUT2D eigenvalue weighted by molar-refractivity contribution is 5.57. The number of aryl methyl sites for hydroxylation is 1. The Morgan fingerprint density at radius 2 is 2.00 bits per heavy atom. The minimum atomic E-state index is -0.116. The van der Waals surface area contributed by atoms with Gasteiger partial charge in [-0.25, -0.2) is 0 Å². The van der Waals surface area contributed by atoms with Crippen molar-refractivity contribution in [2.75, 3.05) is 5.73 Å². The zero-order chi connectivity index (χ0) is 14.8. The summed E-state index contributed by atoms with van der Waals surface area (Å²) < 4.78 is 0. The molecule has 2 fully saturated rings. The first-order valence-corrected chi connectivity index (χ1v) is 8.30. The van der Waals surface area contributed by atoms with Crippen LogP contribution in [-0.4, -0.2) is 16.3 Å². The molecule has 4 N–H and O–H groups in total. The molecule has 1 aromatic rings. The quantitative estimate of drug-likeness (QED) is 0.507. The topological polar surface area (TPSA) is 66.5 Å². The number of phenols is 1. The third-order valence-corrected chi connectivity index (χ3v) is 6.82. The number of benzene rings is 1. The lowest BCUT2D eigenvalue weighted by Crippen LogP contribution is -2.43. The monoisotopic (exact) mass is 287 g/mol. The van der Waals surface area contributed by atoms with Gasteiger partial charge in [-0.15, -0.1) is 0 Å². The molecule has 0 bridgehead atoms. The zero-order valence-corrected chi connectivity index (χ0v) is 12.7. The summed E-state index contributed by atoms with van der Waals surface area (Å²) in [6, 6.07) is 3.88. The van der Waals surface area contributed by atoms with Crippen molar-refractivity contribution in [3.63, 3.8) is 0 Å². The Bertz CT molecular complexity index is 585. The number of hydrogen-bond donors (Lipinski definition) is 3. The molecule has 0 aliphatic heterocycles. The van der Waals surface area contributed by atoms with Crippen LogP contribution >= 0.6 is 0 Å². The fraction of sp³-hybridized carbons (Fsp3) is 0.667. The van der Waals surface area contributed by atoms with Gasteiger partial charge in [0.05, 0.1) is 11.8 Å². The predicted molar refractivity (Wildman–Crippen MR) is 83.1 cm³/mol. The minimum Gasteiger partial charge on any atom is -0.506 e. The molecule has 0 saturated heterocycles. The predicted octanol–water partition coefficient (Wildman–Crippen LogP) is 3.19. The number of fused-ring (bicyclic) bond motifs is 5. The van der Waals surface area contributed by atoms with Crippen molar-refractivity contribution in [2.45, 2.75) is 57.5 Å². The molecule has 0 unspecified atom stereocenters. The molecule has 0 amide bonds. The Morgan fingerprint density at radius 3 is 2.81 bits per heavy atom. The molecule has 3 aliphatic carbocycles. The van der Waals surface area contributed by atoms with E-state index in [1.807, 2.05) is 12.1 Å². The number of rotatable bonds is 0. The first kappa shape index (κ1) is 13.4. The third kappa shape index (κ3) is 1.76. The molecular weight excluding hydrogens is 262 g/mol. The fourth-order valence-corrected chi connectivity index (χ4v) is 5.60. The second-order valence-electron chi connectivity index (χ2n) is 7.66. The molecule has 3 nitrogen and oxygen atoms in total. The van der Waals surface area contributed by atoms with Gasteiger partial charge in [0, 0.05) is 0 Å². The van der Waals surface area contributed by atoms with Crippen LogP contribution in [0.15, 0.2) is 12.1 Å². The van der Waals surface area contributed by atoms with Gasteiger partial charge < -0.3 is 15.9 Å². The van der Waals surface area contributed by atoms with Crippen LogP contribution in [0.3, 0.4) is 0 Å². The summed E-state index contributed by atoms with van der Waals surface area (Å²) >= 11 is 0. The standard InChI is InChI=1S/C18H25NO2/c1-18-7-6-11-12(14(18)4-5-17(18)21)3-2-10-8-16(20)15(19)9-13(10)11/h8-9,11-12,14,17,20-21H,2-7,19H2,1H3/t11-,12+,14+,17+,18+/m1/s1. The van der Waals surface area contributed by atoms with E-state index < -0.39 is 0 Å². The molecule has 4 rings (SSSR count). The summed E-state index contributed by atoms with van der Waals surface area (Å²) in [5.41, 5.74) is 9.21. The highest BCUT2D eigenvalue weighted by atomic mass is 16.3. The highest BCUT2D eigenvalue weighted by Crippen LogP contribution is 2.61. The van der Waals surface area contributed by atoms with E-state index >= 15 is 0 Å². The van der Waals surface area contributed by atoms with Gasteiger partial charge in [-0.05, 0) is 85.0 Å². The van der Waals surface area contributed by atoms with E-state index in [0.717, 1.165) is 25.7 Å². The van der Waals surface area contributed by atoms with Crippen molar-refractivity contribution in [1.29, 1.82) is 0 Å². The van der Waals surface area contributed by atoms with Gasteiger partial charge in [-0.2, -0.15) is 0 Å². The lowest BCUT2D eigenvalue weighted by Gasteiger charge is -2.50. The van der Waals surface area contributed by atoms with Crippen LogP contribution < -0.4 is 5.73 Å². The molecule has 3 heteroatoms. The maximum Gasteiger partial charge on any atom is 0.138 e. The van der Waals surface area contributed by atoms with E-state index in [0.29, 0.717) is 23.4 Å². The van der Waals surface area contributed by atoms with Crippen LogP contribution in [-0.2, 0) is 6.42 Å². The molecule has 0 spiro atoms. The number of aliphatic hydroxyl groups is 1. The third-order valence-electron chi connectivity index (χ3n) is 6.82. The van der Waals surface area contributed by atoms with Crippen LogP contribution in [0.25, 0.3) is 0 Å². The molecule has 1 aromatic carbocycles. The summed E-state index contributed by atoms with van der Waals surface area (Å²) in [6.45, 7) is 2.30. The fourth-order valence-electron chi connectivity index (χ4n) is 5.60. The molecule has 0 aromatic heterocycles. The molecular formula is C18H25NO2. The van der Waals surface area contributed by atoms with E-state index in [1.54, 1.807) is 0 Å². The highest BCUT2D eigenvalue weighted by Gasteiger charge is 2.54. The van der Waals surface area contributed by atoms with Gasteiger partial charge in [0.15, 0.2) is 0 Å². The van der Waals surface area contributed by atoms with E-state index in [-0.39, 0.29) is 17.3 Å². The number of hydrogen-bond acceptors (Lipinski definition) is 3. The second-order valence-corrected chi connectivity index (χ2v) is 7.66. The van der Waals surface area contributed by atoms with Crippen LogP contribution in [0.4, 0.5) is 5.69 Å². The van der Waals surface area contributed by atoms with Crippen molar-refractivity contribution in [3.8, 4) is 5.75 Å². The van der Waals surface area contributed by atoms with E-state index in [9.17, 15) is 10.2 Å². The molecule has 0 heterocycles. The Hall–Kier alpha value is -1.22. The van der Waals surface area contributed by atoms with Crippen molar-refractivity contribution >= 4 is 5.69 Å². The van der Waals surface area contributed by atoms with Crippen LogP contribution in [0.1, 0.15) is 56.1 Å². The average molecular weight is 287 g/mol. The average Bonchev–Trinajstić information content (AvgIpc) is 2.76. The van der Waals surface area contributed by atoms with E-state index in [1.165, 1.54) is 24.0 Å². The summed E-state index contributed by atoms with van der Waals surface area (Å²) in [7, 11) is 0. The van der Waals surface area contributed by atoms with Crippen molar-refractivity contribution in [3.05, 3.63) is 23.3 Å². The summed E-state index contributed by atoms with van der Waals surface area (Å²) in [4.78, 5) is 0. The largest absolute Gasteiger partial charge is 0.506 e. The van der Waals surface area contributed by atoms with Gasteiger partial charge in [0.2, 0.25) is 0 Å². The van der Waals surface area contributed by atoms with Crippen LogP contribution in [0, 0.1) is 17.3 Å². The van der Waals surface area contributed by atoms with Gasteiger partial charge in [0.1, 0.15) is 5.75 Å². The smallest absolute Gasteiger partial charge is 0.138 e. The summed E-state index contributed by atoms with van der Waals surface area (Å²) in [6.07, 6.45) is 6.50. The van der Waals surface area contributed by atoms with Crippen molar-refractivity contribution in [1.82, 2.24) is 0 Å². The molecule has 0 radical (unpaired) electrons. The first-order valence-electron chi connectivity index (χ1n) is 8.30. The van der Waals surface area contributed by atoms with Gasteiger partial charge >= 0.3 is 0 Å². The minimum absolute atomic E-state index is 0.116. The Kier molecular flexibility index (Phi) is 2.81. The first-order chi connectivity index (χ1) is 10.0. The molecule has 5 atom stereocenters. The maximum atomic E-state index is 10.4. The van der Waals surface area contributed by atoms with Gasteiger partial charge in [-0.3, -0.25) is 0 Å². The number of aliphatic hydroxyl groups excluding tert-OH is 1. The van der Waals surface area contributed by atoms with Crippen molar-refractivity contribution in [2.24, 2.45) is 17.3 Å². The number of nitrogen functional groups attached to an aromatic ring is 1. The summed E-state index contributed by atoms with van der Waals surface area (Å²) in [5, 5.41) is 20.2. The van der Waals surface area contributed by atoms with Crippen LogP contribution in [0.5, 0.6) is 5.75 Å².